The number of halogens is 1. The van der Waals surface area contributed by atoms with Crippen LogP contribution in [0.4, 0.5) is 0 Å². The summed E-state index contributed by atoms with van der Waals surface area (Å²) in [6.45, 7) is 1.92. The highest BCUT2D eigenvalue weighted by molar-refractivity contribution is 9.10. The Hall–Kier alpha value is -1.94. The van der Waals surface area contributed by atoms with Gasteiger partial charge in [0, 0.05) is 10.0 Å². The van der Waals surface area contributed by atoms with Gasteiger partial charge in [-0.15, -0.1) is 0 Å². The summed E-state index contributed by atoms with van der Waals surface area (Å²) in [6, 6.07) is 13.2. The zero-order chi connectivity index (χ0) is 14.1. The number of fused-ring (bicyclic) bond motifs is 1. The lowest BCUT2D eigenvalue weighted by molar-refractivity contribution is 0.0985. The molecule has 20 heavy (non-hydrogen) atoms. The summed E-state index contributed by atoms with van der Waals surface area (Å²) < 4.78 is 6.48. The number of rotatable bonds is 3. The molecular weight excluding hydrogens is 318 g/mol. The number of aryl methyl sites for hydroxylation is 1. The molecule has 0 unspecified atom stereocenters. The van der Waals surface area contributed by atoms with Gasteiger partial charge in [-0.2, -0.15) is 0 Å². The van der Waals surface area contributed by atoms with Gasteiger partial charge in [-0.1, -0.05) is 34.1 Å². The normalized spacial score (nSPS) is 10.9. The maximum Gasteiger partial charge on any atom is 0.203 e. The van der Waals surface area contributed by atoms with E-state index >= 15 is 0 Å². The third-order valence-electron chi connectivity index (χ3n) is 3.15. The van der Waals surface area contributed by atoms with Crippen LogP contribution in [0.5, 0.6) is 0 Å². The van der Waals surface area contributed by atoms with Crippen LogP contribution in [0.3, 0.4) is 0 Å². The second kappa shape index (κ2) is 5.21. The highest BCUT2D eigenvalue weighted by Gasteiger charge is 2.14. The first kappa shape index (κ1) is 13.1. The molecule has 3 rings (SSSR count). The smallest absolute Gasteiger partial charge is 0.203 e. The number of carbonyl (C=O) groups excluding carboxylic acids is 1. The molecule has 4 heteroatoms. The number of ketones is 1. The van der Waals surface area contributed by atoms with Gasteiger partial charge >= 0.3 is 0 Å². The van der Waals surface area contributed by atoms with Crippen molar-refractivity contribution in [3.8, 4) is 0 Å². The first-order valence-corrected chi connectivity index (χ1v) is 7.06. The topological polar surface area (TPSA) is 43.1 Å². The van der Waals surface area contributed by atoms with Crippen molar-refractivity contribution in [2.75, 3.05) is 0 Å². The molecule has 0 fully saturated rings. The van der Waals surface area contributed by atoms with Gasteiger partial charge in [0.2, 0.25) is 5.89 Å². The average Bonchev–Trinajstić information content (AvgIpc) is 2.83. The molecule has 3 aromatic rings. The molecule has 2 aromatic carbocycles. The Morgan fingerprint density at radius 3 is 2.85 bits per heavy atom. The lowest BCUT2D eigenvalue weighted by Gasteiger charge is -2.03. The summed E-state index contributed by atoms with van der Waals surface area (Å²) in [5.41, 5.74) is 3.14. The van der Waals surface area contributed by atoms with Crippen molar-refractivity contribution in [1.29, 1.82) is 0 Å². The molecule has 0 spiro atoms. The Kier molecular flexibility index (Phi) is 3.40. The van der Waals surface area contributed by atoms with Gasteiger partial charge in [-0.25, -0.2) is 4.98 Å². The van der Waals surface area contributed by atoms with Crippen LogP contribution in [0.15, 0.2) is 51.4 Å². The van der Waals surface area contributed by atoms with Gasteiger partial charge in [0.05, 0.1) is 6.42 Å². The molecule has 0 aliphatic carbocycles. The van der Waals surface area contributed by atoms with Gasteiger partial charge in [-0.05, 0) is 36.8 Å². The van der Waals surface area contributed by atoms with Gasteiger partial charge in [0.25, 0.3) is 0 Å². The van der Waals surface area contributed by atoms with Crippen LogP contribution in [-0.4, -0.2) is 10.8 Å². The van der Waals surface area contributed by atoms with E-state index in [1.54, 1.807) is 0 Å². The van der Waals surface area contributed by atoms with E-state index in [0.29, 0.717) is 17.0 Å². The molecule has 3 nitrogen and oxygen atoms in total. The Morgan fingerprint density at radius 1 is 1.25 bits per heavy atom. The van der Waals surface area contributed by atoms with Gasteiger partial charge in [-0.3, -0.25) is 4.79 Å². The third-order valence-corrected chi connectivity index (χ3v) is 3.64. The monoisotopic (exact) mass is 329 g/mol. The summed E-state index contributed by atoms with van der Waals surface area (Å²) in [5, 5.41) is 0. The van der Waals surface area contributed by atoms with Crippen LogP contribution in [0, 0.1) is 6.92 Å². The summed E-state index contributed by atoms with van der Waals surface area (Å²) in [6.07, 6.45) is 0.173. The van der Waals surface area contributed by atoms with Crippen molar-refractivity contribution in [2.45, 2.75) is 13.3 Å². The standard InChI is InChI=1S/C16H12BrNO2/c1-10-6-7-11(17)8-12(10)14(19)9-16-18-13-4-2-3-5-15(13)20-16/h2-8H,9H2,1H3. The van der Waals surface area contributed by atoms with E-state index in [9.17, 15) is 4.79 Å². The van der Waals surface area contributed by atoms with Crippen molar-refractivity contribution in [3.05, 3.63) is 64.0 Å². The number of oxazole rings is 1. The predicted octanol–water partition coefficient (Wildman–Crippen LogP) is 4.32. The molecule has 0 N–H and O–H groups in total. The van der Waals surface area contributed by atoms with Crippen molar-refractivity contribution >= 4 is 32.8 Å². The third kappa shape index (κ3) is 2.51. The zero-order valence-electron chi connectivity index (χ0n) is 10.9. The van der Waals surface area contributed by atoms with Gasteiger partial charge in [0.1, 0.15) is 5.52 Å². The van der Waals surface area contributed by atoms with E-state index < -0.39 is 0 Å². The highest BCUT2D eigenvalue weighted by atomic mass is 79.9. The predicted molar refractivity (Wildman–Crippen MR) is 80.9 cm³/mol. The average molecular weight is 330 g/mol. The van der Waals surface area contributed by atoms with Crippen molar-refractivity contribution in [3.63, 3.8) is 0 Å². The number of carbonyl (C=O) groups is 1. The number of para-hydroxylation sites is 2. The molecule has 0 aliphatic heterocycles. The Labute approximate surface area is 124 Å². The molecule has 0 amide bonds. The van der Waals surface area contributed by atoms with Crippen LogP contribution < -0.4 is 0 Å². The number of hydrogen-bond acceptors (Lipinski definition) is 3. The van der Waals surface area contributed by atoms with E-state index in [0.717, 1.165) is 15.6 Å². The number of Topliss-reactive ketones (excluding diaryl/α,β-unsaturated/α-hetero) is 1. The number of nitrogens with zero attached hydrogens (tertiary/aromatic N) is 1. The van der Waals surface area contributed by atoms with E-state index in [1.807, 2.05) is 49.4 Å². The van der Waals surface area contributed by atoms with Crippen LogP contribution >= 0.6 is 15.9 Å². The highest BCUT2D eigenvalue weighted by Crippen LogP contribution is 2.20. The van der Waals surface area contributed by atoms with Crippen LogP contribution in [0.2, 0.25) is 0 Å². The van der Waals surface area contributed by atoms with E-state index in [-0.39, 0.29) is 12.2 Å². The molecule has 1 heterocycles. The van der Waals surface area contributed by atoms with Crippen LogP contribution in [0.1, 0.15) is 21.8 Å². The maximum absolute atomic E-state index is 12.3. The summed E-state index contributed by atoms with van der Waals surface area (Å²) in [5.74, 6) is 0.464. The fraction of sp³-hybridized carbons (Fsp3) is 0.125. The molecule has 0 bridgehead atoms. The molecule has 100 valence electrons. The largest absolute Gasteiger partial charge is 0.440 e. The second-order valence-corrected chi connectivity index (χ2v) is 5.55. The fourth-order valence-electron chi connectivity index (χ4n) is 2.12. The Bertz CT molecular complexity index is 759. The maximum atomic E-state index is 12.3. The SMILES string of the molecule is Cc1ccc(Br)cc1C(=O)Cc1nc2ccccc2o1. The summed E-state index contributed by atoms with van der Waals surface area (Å²) in [4.78, 5) is 16.7. The number of benzene rings is 2. The van der Waals surface area contributed by atoms with Crippen molar-refractivity contribution in [1.82, 2.24) is 4.98 Å². The van der Waals surface area contributed by atoms with E-state index in [2.05, 4.69) is 20.9 Å². The molecule has 0 saturated heterocycles. The number of aromatic nitrogens is 1. The molecule has 0 radical (unpaired) electrons. The Morgan fingerprint density at radius 2 is 2.05 bits per heavy atom. The van der Waals surface area contributed by atoms with Crippen molar-refractivity contribution in [2.24, 2.45) is 0 Å². The van der Waals surface area contributed by atoms with Gasteiger partial charge < -0.3 is 4.42 Å². The minimum absolute atomic E-state index is 0.00959. The van der Waals surface area contributed by atoms with Crippen LogP contribution in [-0.2, 0) is 6.42 Å². The first-order chi connectivity index (χ1) is 9.63. The summed E-state index contributed by atoms with van der Waals surface area (Å²) in [7, 11) is 0. The van der Waals surface area contributed by atoms with E-state index in [4.69, 9.17) is 4.42 Å². The van der Waals surface area contributed by atoms with E-state index in [1.165, 1.54) is 0 Å². The fourth-order valence-corrected chi connectivity index (χ4v) is 2.48. The quantitative estimate of drug-likeness (QED) is 0.672. The number of hydrogen-bond donors (Lipinski definition) is 0. The van der Waals surface area contributed by atoms with Crippen molar-refractivity contribution < 1.29 is 9.21 Å². The minimum atomic E-state index is 0.00959. The molecule has 0 saturated carbocycles. The molecular formula is C16H12BrNO2. The minimum Gasteiger partial charge on any atom is -0.440 e. The molecule has 0 atom stereocenters. The van der Waals surface area contributed by atoms with Crippen LogP contribution in [0.25, 0.3) is 11.1 Å². The Balaban J connectivity index is 1.90. The van der Waals surface area contributed by atoms with Gasteiger partial charge in [0.15, 0.2) is 11.4 Å². The first-order valence-electron chi connectivity index (χ1n) is 6.27. The lowest BCUT2D eigenvalue weighted by Crippen LogP contribution is -2.05. The zero-order valence-corrected chi connectivity index (χ0v) is 12.5. The molecule has 0 aliphatic rings. The lowest BCUT2D eigenvalue weighted by atomic mass is 10.0. The second-order valence-electron chi connectivity index (χ2n) is 4.63. The summed E-state index contributed by atoms with van der Waals surface area (Å²) >= 11 is 3.39. The molecule has 1 aromatic heterocycles.